The maximum absolute atomic E-state index is 12.8. The number of piperazine rings is 1. The van der Waals surface area contributed by atoms with Crippen LogP contribution in [0.3, 0.4) is 0 Å². The monoisotopic (exact) mass is 364 g/mol. The minimum atomic E-state index is 0.104. The Morgan fingerprint density at radius 2 is 1.59 bits per heavy atom. The molecule has 0 bridgehead atoms. The predicted molar refractivity (Wildman–Crippen MR) is 108 cm³/mol. The first-order valence-electron chi connectivity index (χ1n) is 10.1. The summed E-state index contributed by atoms with van der Waals surface area (Å²) in [5.74, 6) is 1.10. The quantitative estimate of drug-likeness (QED) is 0.836. The molecule has 2 saturated heterocycles. The Morgan fingerprint density at radius 3 is 2.26 bits per heavy atom. The molecule has 2 fully saturated rings. The lowest BCUT2D eigenvalue weighted by atomic mass is 10.1. The van der Waals surface area contributed by atoms with Crippen LogP contribution in [0.2, 0.25) is 0 Å². The predicted octanol–water partition coefficient (Wildman–Crippen LogP) is 3.03. The number of pyridine rings is 1. The second-order valence-corrected chi connectivity index (χ2v) is 7.51. The number of carbonyl (C=O) groups is 1. The number of hydrogen-bond acceptors (Lipinski definition) is 4. The Kier molecular flexibility index (Phi) is 5.68. The Bertz CT molecular complexity index is 733. The Labute approximate surface area is 161 Å². The third-order valence-electron chi connectivity index (χ3n) is 5.58. The highest BCUT2D eigenvalue weighted by molar-refractivity contribution is 5.94. The first-order valence-corrected chi connectivity index (χ1v) is 10.1. The van der Waals surface area contributed by atoms with Gasteiger partial charge in [0.2, 0.25) is 0 Å². The van der Waals surface area contributed by atoms with E-state index in [-0.39, 0.29) is 5.91 Å². The summed E-state index contributed by atoms with van der Waals surface area (Å²) in [4.78, 5) is 24.1. The standard InChI is InChI=1S/C22H28N4O/c27-22(20-9-10-21(23-17-20)25-11-5-2-6-12-25)26-15-13-24(14-16-26)18-19-7-3-1-4-8-19/h1,3-4,7-10,17H,2,5-6,11-16,18H2. The molecule has 2 aromatic rings. The van der Waals surface area contributed by atoms with E-state index in [0.29, 0.717) is 5.56 Å². The van der Waals surface area contributed by atoms with Gasteiger partial charge in [-0.2, -0.15) is 0 Å². The van der Waals surface area contributed by atoms with Gasteiger partial charge in [-0.15, -0.1) is 0 Å². The SMILES string of the molecule is O=C(c1ccc(N2CCCCC2)nc1)N1CCN(Cc2ccccc2)CC1. The molecule has 4 rings (SSSR count). The normalized spacial score (nSPS) is 18.5. The number of amides is 1. The van der Waals surface area contributed by atoms with Gasteiger partial charge in [0, 0.05) is 52.0 Å². The largest absolute Gasteiger partial charge is 0.357 e. The van der Waals surface area contributed by atoms with E-state index in [2.05, 4.69) is 39.0 Å². The summed E-state index contributed by atoms with van der Waals surface area (Å²) >= 11 is 0. The van der Waals surface area contributed by atoms with Crippen molar-refractivity contribution in [3.05, 3.63) is 59.8 Å². The lowest BCUT2D eigenvalue weighted by Crippen LogP contribution is -2.48. The maximum Gasteiger partial charge on any atom is 0.255 e. The van der Waals surface area contributed by atoms with Crippen LogP contribution >= 0.6 is 0 Å². The molecule has 5 nitrogen and oxygen atoms in total. The van der Waals surface area contributed by atoms with Gasteiger partial charge in [-0.3, -0.25) is 9.69 Å². The summed E-state index contributed by atoms with van der Waals surface area (Å²) in [6.07, 6.45) is 5.52. The van der Waals surface area contributed by atoms with Crippen LogP contribution in [0.15, 0.2) is 48.7 Å². The third kappa shape index (κ3) is 4.48. The summed E-state index contributed by atoms with van der Waals surface area (Å²) in [7, 11) is 0. The topological polar surface area (TPSA) is 39.7 Å². The number of anilines is 1. The Morgan fingerprint density at radius 1 is 0.852 bits per heavy atom. The molecule has 0 atom stereocenters. The van der Waals surface area contributed by atoms with Crippen LogP contribution < -0.4 is 4.90 Å². The molecule has 0 unspecified atom stereocenters. The van der Waals surface area contributed by atoms with Gasteiger partial charge < -0.3 is 9.80 Å². The first kappa shape index (κ1) is 18.0. The molecule has 0 aliphatic carbocycles. The van der Waals surface area contributed by atoms with Crippen LogP contribution in [0.5, 0.6) is 0 Å². The van der Waals surface area contributed by atoms with E-state index < -0.39 is 0 Å². The molecule has 5 heteroatoms. The fourth-order valence-electron chi connectivity index (χ4n) is 3.96. The van der Waals surface area contributed by atoms with Gasteiger partial charge >= 0.3 is 0 Å². The molecule has 3 heterocycles. The Balaban J connectivity index is 1.31. The van der Waals surface area contributed by atoms with Gasteiger partial charge in [0.1, 0.15) is 5.82 Å². The van der Waals surface area contributed by atoms with Crippen LogP contribution in [0, 0.1) is 0 Å². The van der Waals surface area contributed by atoms with E-state index in [4.69, 9.17) is 0 Å². The highest BCUT2D eigenvalue weighted by Gasteiger charge is 2.22. The number of hydrogen-bond donors (Lipinski definition) is 0. The lowest BCUT2D eigenvalue weighted by Gasteiger charge is -2.34. The van der Waals surface area contributed by atoms with Crippen molar-refractivity contribution < 1.29 is 4.79 Å². The summed E-state index contributed by atoms with van der Waals surface area (Å²) in [5.41, 5.74) is 2.03. The average molecular weight is 364 g/mol. The number of carbonyl (C=O) groups excluding carboxylic acids is 1. The van der Waals surface area contributed by atoms with Crippen molar-refractivity contribution in [1.82, 2.24) is 14.8 Å². The van der Waals surface area contributed by atoms with E-state index in [1.807, 2.05) is 23.1 Å². The molecular weight excluding hydrogens is 336 g/mol. The second kappa shape index (κ2) is 8.53. The van der Waals surface area contributed by atoms with Crippen molar-refractivity contribution in [2.24, 2.45) is 0 Å². The highest BCUT2D eigenvalue weighted by atomic mass is 16.2. The second-order valence-electron chi connectivity index (χ2n) is 7.51. The van der Waals surface area contributed by atoms with E-state index in [0.717, 1.165) is 51.6 Å². The van der Waals surface area contributed by atoms with Gasteiger partial charge in [-0.1, -0.05) is 30.3 Å². The molecule has 0 spiro atoms. The fraction of sp³-hybridized carbons (Fsp3) is 0.455. The number of benzene rings is 1. The van der Waals surface area contributed by atoms with Crippen molar-refractivity contribution in [3.63, 3.8) is 0 Å². The van der Waals surface area contributed by atoms with E-state index in [1.165, 1.54) is 24.8 Å². The molecule has 2 aliphatic heterocycles. The zero-order valence-electron chi connectivity index (χ0n) is 15.9. The summed E-state index contributed by atoms with van der Waals surface area (Å²) in [6.45, 7) is 6.49. The zero-order valence-corrected chi connectivity index (χ0v) is 15.9. The van der Waals surface area contributed by atoms with Crippen molar-refractivity contribution in [3.8, 4) is 0 Å². The molecule has 0 radical (unpaired) electrons. The molecule has 1 amide bonds. The van der Waals surface area contributed by atoms with Gasteiger partial charge in [0.05, 0.1) is 5.56 Å². The van der Waals surface area contributed by atoms with Gasteiger partial charge in [-0.25, -0.2) is 4.98 Å². The lowest BCUT2D eigenvalue weighted by molar-refractivity contribution is 0.0628. The first-order chi connectivity index (χ1) is 13.3. The molecule has 0 saturated carbocycles. The molecule has 2 aliphatic rings. The van der Waals surface area contributed by atoms with Crippen LogP contribution in [-0.4, -0.2) is 60.0 Å². The number of aromatic nitrogens is 1. The van der Waals surface area contributed by atoms with Crippen molar-refractivity contribution in [2.75, 3.05) is 44.2 Å². The highest BCUT2D eigenvalue weighted by Crippen LogP contribution is 2.18. The van der Waals surface area contributed by atoms with Crippen LogP contribution in [0.25, 0.3) is 0 Å². The molecule has 1 aromatic carbocycles. The summed E-state index contributed by atoms with van der Waals surface area (Å²) in [6, 6.07) is 14.5. The number of nitrogens with zero attached hydrogens (tertiary/aromatic N) is 4. The molecular formula is C22H28N4O. The Hall–Kier alpha value is -2.40. The fourth-order valence-corrected chi connectivity index (χ4v) is 3.96. The molecule has 142 valence electrons. The van der Waals surface area contributed by atoms with Crippen LogP contribution in [0.4, 0.5) is 5.82 Å². The summed E-state index contributed by atoms with van der Waals surface area (Å²) < 4.78 is 0. The molecule has 27 heavy (non-hydrogen) atoms. The molecule has 1 aromatic heterocycles. The summed E-state index contributed by atoms with van der Waals surface area (Å²) in [5, 5.41) is 0. The molecule has 0 N–H and O–H groups in total. The minimum Gasteiger partial charge on any atom is -0.357 e. The number of rotatable bonds is 4. The van der Waals surface area contributed by atoms with E-state index >= 15 is 0 Å². The van der Waals surface area contributed by atoms with Crippen LogP contribution in [0.1, 0.15) is 35.2 Å². The van der Waals surface area contributed by atoms with Crippen molar-refractivity contribution in [2.45, 2.75) is 25.8 Å². The average Bonchev–Trinajstić information content (AvgIpc) is 2.75. The third-order valence-corrected chi connectivity index (χ3v) is 5.58. The van der Waals surface area contributed by atoms with Gasteiger partial charge in [-0.05, 0) is 37.0 Å². The van der Waals surface area contributed by atoms with E-state index in [1.54, 1.807) is 6.20 Å². The maximum atomic E-state index is 12.8. The smallest absolute Gasteiger partial charge is 0.255 e. The minimum absolute atomic E-state index is 0.104. The van der Waals surface area contributed by atoms with Gasteiger partial charge in [0.25, 0.3) is 5.91 Å². The zero-order chi connectivity index (χ0) is 18.5. The van der Waals surface area contributed by atoms with Crippen LogP contribution in [-0.2, 0) is 6.54 Å². The van der Waals surface area contributed by atoms with Gasteiger partial charge in [0.15, 0.2) is 0 Å². The van der Waals surface area contributed by atoms with Crippen molar-refractivity contribution >= 4 is 11.7 Å². The number of piperidine rings is 1. The van der Waals surface area contributed by atoms with Crippen molar-refractivity contribution in [1.29, 1.82) is 0 Å². The van der Waals surface area contributed by atoms with E-state index in [9.17, 15) is 4.79 Å².